The number of hydrogen-bond donors (Lipinski definition) is 0. The monoisotopic (exact) mass is 186 g/mol. The molecule has 12 heavy (non-hydrogen) atoms. The van der Waals surface area contributed by atoms with Crippen molar-refractivity contribution in [3.8, 4) is 0 Å². The molecule has 70 valence electrons. The van der Waals surface area contributed by atoms with Crippen LogP contribution in [0, 0.1) is 0 Å². The molecular weight excluding hydrogens is 168 g/mol. The molecule has 0 amide bonds. The Bertz CT molecular complexity index is 176. The van der Waals surface area contributed by atoms with Gasteiger partial charge in [0.05, 0.1) is 12.2 Å². The minimum Gasteiger partial charge on any atom is -0.412 e. The Morgan fingerprint density at radius 3 is 2.67 bits per heavy atom. The van der Waals surface area contributed by atoms with Crippen LogP contribution in [0.25, 0.3) is 0 Å². The summed E-state index contributed by atoms with van der Waals surface area (Å²) in [7, 11) is -1.34. The van der Waals surface area contributed by atoms with Crippen LogP contribution in [0.3, 0.4) is 0 Å². The van der Waals surface area contributed by atoms with Crippen LogP contribution in [0.15, 0.2) is 0 Å². The summed E-state index contributed by atoms with van der Waals surface area (Å²) in [5, 5.41) is 0. The fourth-order valence-corrected chi connectivity index (χ4v) is 3.14. The minimum absolute atomic E-state index is 0.426. The molecular formula is C9H18O2Si. The first-order valence-corrected chi connectivity index (χ1v) is 8.30. The van der Waals surface area contributed by atoms with Crippen LogP contribution in [0.5, 0.6) is 0 Å². The lowest BCUT2D eigenvalue weighted by Crippen LogP contribution is -2.36. The first kappa shape index (κ1) is 8.72. The Morgan fingerprint density at radius 1 is 1.25 bits per heavy atom. The Balaban J connectivity index is 1.87. The van der Waals surface area contributed by atoms with Gasteiger partial charge in [-0.05, 0) is 38.9 Å². The number of rotatable bonds is 2. The maximum atomic E-state index is 6.05. The van der Waals surface area contributed by atoms with Crippen LogP contribution in [0.2, 0.25) is 19.6 Å². The zero-order chi connectivity index (χ0) is 8.77. The topological polar surface area (TPSA) is 21.8 Å². The summed E-state index contributed by atoms with van der Waals surface area (Å²) in [6, 6.07) is 0. The predicted molar refractivity (Wildman–Crippen MR) is 50.7 cm³/mol. The Hall–Kier alpha value is 0.137. The average molecular weight is 186 g/mol. The van der Waals surface area contributed by atoms with Crippen molar-refractivity contribution in [1.29, 1.82) is 0 Å². The molecule has 0 N–H and O–H groups in total. The first-order chi connectivity index (χ1) is 5.56. The highest BCUT2D eigenvalue weighted by molar-refractivity contribution is 6.69. The standard InChI is InChI=1S/C9H18O2Si/c1-12(2,3)11-8-6-4-5-7-9(8)10-7/h7-9H,4-6H2,1-3H3/t7-,8-,9-/m1/s1. The van der Waals surface area contributed by atoms with Gasteiger partial charge < -0.3 is 9.16 Å². The van der Waals surface area contributed by atoms with Crippen LogP contribution in [0.1, 0.15) is 19.3 Å². The van der Waals surface area contributed by atoms with E-state index in [1.165, 1.54) is 19.3 Å². The van der Waals surface area contributed by atoms with E-state index in [1.54, 1.807) is 0 Å². The van der Waals surface area contributed by atoms with Gasteiger partial charge in [0.25, 0.3) is 0 Å². The largest absolute Gasteiger partial charge is 0.412 e. The molecule has 0 unspecified atom stereocenters. The molecule has 0 radical (unpaired) electrons. The summed E-state index contributed by atoms with van der Waals surface area (Å²) in [5.41, 5.74) is 0. The molecule has 1 saturated carbocycles. The molecule has 2 fully saturated rings. The summed E-state index contributed by atoms with van der Waals surface area (Å²) in [5.74, 6) is 0. The van der Waals surface area contributed by atoms with E-state index >= 15 is 0 Å². The van der Waals surface area contributed by atoms with E-state index in [1.807, 2.05) is 0 Å². The third-order valence-electron chi connectivity index (χ3n) is 2.47. The van der Waals surface area contributed by atoms with Crippen LogP contribution < -0.4 is 0 Å². The first-order valence-electron chi connectivity index (χ1n) is 4.89. The third kappa shape index (κ3) is 1.89. The van der Waals surface area contributed by atoms with Crippen molar-refractivity contribution in [1.82, 2.24) is 0 Å². The molecule has 1 aliphatic carbocycles. The number of fused-ring (bicyclic) bond motifs is 1. The van der Waals surface area contributed by atoms with Gasteiger partial charge in [-0.2, -0.15) is 0 Å². The van der Waals surface area contributed by atoms with E-state index in [4.69, 9.17) is 9.16 Å². The molecule has 0 aromatic heterocycles. The lowest BCUT2D eigenvalue weighted by atomic mass is 9.98. The van der Waals surface area contributed by atoms with E-state index in [-0.39, 0.29) is 0 Å². The molecule has 2 nitrogen and oxygen atoms in total. The van der Waals surface area contributed by atoms with Crippen molar-refractivity contribution in [2.75, 3.05) is 0 Å². The van der Waals surface area contributed by atoms with Gasteiger partial charge >= 0.3 is 0 Å². The molecule has 0 spiro atoms. The van der Waals surface area contributed by atoms with E-state index < -0.39 is 8.32 Å². The number of ether oxygens (including phenoxy) is 1. The fraction of sp³-hybridized carbons (Fsp3) is 1.00. The van der Waals surface area contributed by atoms with Crippen LogP contribution in [-0.2, 0) is 9.16 Å². The van der Waals surface area contributed by atoms with Crippen molar-refractivity contribution < 1.29 is 9.16 Å². The number of hydrogen-bond acceptors (Lipinski definition) is 2. The van der Waals surface area contributed by atoms with Gasteiger partial charge in [0, 0.05) is 0 Å². The van der Waals surface area contributed by atoms with Gasteiger partial charge in [-0.25, -0.2) is 0 Å². The van der Waals surface area contributed by atoms with Gasteiger partial charge in [0.2, 0.25) is 0 Å². The van der Waals surface area contributed by atoms with Crippen LogP contribution in [-0.4, -0.2) is 26.6 Å². The van der Waals surface area contributed by atoms with E-state index in [2.05, 4.69) is 19.6 Å². The third-order valence-corrected chi connectivity index (χ3v) is 3.48. The lowest BCUT2D eigenvalue weighted by Gasteiger charge is -2.27. The van der Waals surface area contributed by atoms with Crippen LogP contribution in [0.4, 0.5) is 0 Å². The van der Waals surface area contributed by atoms with Crippen molar-refractivity contribution in [3.63, 3.8) is 0 Å². The second-order valence-electron chi connectivity index (χ2n) is 4.84. The Labute approximate surface area is 75.4 Å². The van der Waals surface area contributed by atoms with Crippen molar-refractivity contribution in [2.24, 2.45) is 0 Å². The van der Waals surface area contributed by atoms with Gasteiger partial charge in [-0.3, -0.25) is 0 Å². The maximum absolute atomic E-state index is 6.05. The highest BCUT2D eigenvalue weighted by atomic mass is 28.4. The molecule has 2 rings (SSSR count). The molecule has 2 aliphatic rings. The smallest absolute Gasteiger partial charge is 0.184 e. The molecule has 1 aliphatic heterocycles. The average Bonchev–Trinajstić information content (AvgIpc) is 2.62. The predicted octanol–water partition coefficient (Wildman–Crippen LogP) is 2.16. The second kappa shape index (κ2) is 2.82. The van der Waals surface area contributed by atoms with Gasteiger partial charge in [-0.15, -0.1) is 0 Å². The lowest BCUT2D eigenvalue weighted by molar-refractivity contribution is 0.141. The molecule has 0 aromatic carbocycles. The Kier molecular flexibility index (Phi) is 2.05. The summed E-state index contributed by atoms with van der Waals surface area (Å²) in [6.07, 6.45) is 5.21. The molecule has 3 atom stereocenters. The normalized spacial score (nSPS) is 40.8. The molecule has 1 saturated heterocycles. The van der Waals surface area contributed by atoms with E-state index in [9.17, 15) is 0 Å². The summed E-state index contributed by atoms with van der Waals surface area (Å²) in [4.78, 5) is 0. The van der Waals surface area contributed by atoms with Crippen molar-refractivity contribution in [2.45, 2.75) is 57.2 Å². The highest BCUT2D eigenvalue weighted by Crippen LogP contribution is 2.39. The quantitative estimate of drug-likeness (QED) is 0.487. The second-order valence-corrected chi connectivity index (χ2v) is 9.30. The zero-order valence-electron chi connectivity index (χ0n) is 8.17. The Morgan fingerprint density at radius 2 is 2.00 bits per heavy atom. The van der Waals surface area contributed by atoms with Gasteiger partial charge in [0.15, 0.2) is 8.32 Å². The van der Waals surface area contributed by atoms with Crippen LogP contribution >= 0.6 is 0 Å². The van der Waals surface area contributed by atoms with E-state index in [0.29, 0.717) is 18.3 Å². The molecule has 0 bridgehead atoms. The molecule has 3 heteroatoms. The van der Waals surface area contributed by atoms with E-state index in [0.717, 1.165) is 0 Å². The summed E-state index contributed by atoms with van der Waals surface area (Å²) >= 11 is 0. The van der Waals surface area contributed by atoms with Crippen molar-refractivity contribution >= 4 is 8.32 Å². The molecule has 0 aromatic rings. The maximum Gasteiger partial charge on any atom is 0.184 e. The highest BCUT2D eigenvalue weighted by Gasteiger charge is 2.48. The fourth-order valence-electron chi connectivity index (χ4n) is 1.98. The molecule has 1 heterocycles. The minimum atomic E-state index is -1.34. The SMILES string of the molecule is C[Si](C)(C)O[C@@H]1CCC[C@H]2O[C@H]21. The summed E-state index contributed by atoms with van der Waals surface area (Å²) < 4.78 is 11.6. The van der Waals surface area contributed by atoms with Gasteiger partial charge in [0.1, 0.15) is 6.10 Å². The van der Waals surface area contributed by atoms with Gasteiger partial charge in [-0.1, -0.05) is 0 Å². The number of epoxide rings is 1. The summed E-state index contributed by atoms with van der Waals surface area (Å²) in [6.45, 7) is 6.75. The zero-order valence-corrected chi connectivity index (χ0v) is 9.17. The van der Waals surface area contributed by atoms with Crippen molar-refractivity contribution in [3.05, 3.63) is 0 Å².